The average molecular weight is 408 g/mol. The predicted octanol–water partition coefficient (Wildman–Crippen LogP) is 3.73. The van der Waals surface area contributed by atoms with E-state index >= 15 is 0 Å². The second-order valence-electron chi connectivity index (χ2n) is 7.88. The van der Waals surface area contributed by atoms with Crippen molar-refractivity contribution in [2.75, 3.05) is 24.6 Å². The Morgan fingerprint density at radius 3 is 2.57 bits per heavy atom. The number of nitro groups is 1. The van der Waals surface area contributed by atoms with Gasteiger partial charge in [-0.3, -0.25) is 19.7 Å². The molecule has 156 valence electrons. The minimum absolute atomic E-state index is 0.0680. The molecule has 7 nitrogen and oxygen atoms in total. The van der Waals surface area contributed by atoms with E-state index in [4.69, 9.17) is 4.74 Å². The molecule has 7 heteroatoms. The van der Waals surface area contributed by atoms with Crippen molar-refractivity contribution in [1.29, 1.82) is 0 Å². The van der Waals surface area contributed by atoms with Crippen molar-refractivity contribution in [1.82, 2.24) is 0 Å². The van der Waals surface area contributed by atoms with Crippen LogP contribution in [0.2, 0.25) is 0 Å². The third kappa shape index (κ3) is 4.20. The maximum atomic E-state index is 12.4. The van der Waals surface area contributed by atoms with E-state index < -0.39 is 0 Å². The lowest BCUT2D eigenvalue weighted by Gasteiger charge is -2.32. The standard InChI is InChI=1S/C23H24N2O5/c26-22(19-9-8-16-4-3-5-18(16)14-19)15-30-23(27)17-10-12-24(13-11-17)20-6-1-2-7-21(20)25(28)29/h1-2,6-9,14,17H,3-5,10-13,15H2. The van der Waals surface area contributed by atoms with E-state index in [1.165, 1.54) is 17.2 Å². The summed E-state index contributed by atoms with van der Waals surface area (Å²) in [5.74, 6) is -0.848. The van der Waals surface area contributed by atoms with Crippen LogP contribution in [0.3, 0.4) is 0 Å². The van der Waals surface area contributed by atoms with Crippen LogP contribution >= 0.6 is 0 Å². The first-order chi connectivity index (χ1) is 14.5. The molecule has 0 radical (unpaired) electrons. The number of aryl methyl sites for hydroxylation is 2. The maximum absolute atomic E-state index is 12.4. The predicted molar refractivity (Wildman–Crippen MR) is 112 cm³/mol. The Balaban J connectivity index is 1.30. The summed E-state index contributed by atoms with van der Waals surface area (Å²) in [6.45, 7) is 0.814. The number of rotatable bonds is 6. The highest BCUT2D eigenvalue weighted by atomic mass is 16.6. The van der Waals surface area contributed by atoms with Crippen LogP contribution in [0.25, 0.3) is 0 Å². The van der Waals surface area contributed by atoms with Crippen LogP contribution < -0.4 is 4.90 Å². The number of Topliss-reactive ketones (excluding diaryl/α,β-unsaturated/α-hetero) is 1. The van der Waals surface area contributed by atoms with E-state index in [0.717, 1.165) is 19.3 Å². The van der Waals surface area contributed by atoms with Gasteiger partial charge >= 0.3 is 5.97 Å². The van der Waals surface area contributed by atoms with Crippen molar-refractivity contribution in [2.45, 2.75) is 32.1 Å². The van der Waals surface area contributed by atoms with E-state index in [0.29, 0.717) is 37.2 Å². The molecule has 0 saturated carbocycles. The lowest BCUT2D eigenvalue weighted by atomic mass is 9.96. The van der Waals surface area contributed by atoms with Crippen LogP contribution in [-0.4, -0.2) is 36.4 Å². The summed E-state index contributed by atoms with van der Waals surface area (Å²) in [6.07, 6.45) is 4.25. The smallest absolute Gasteiger partial charge is 0.309 e. The fourth-order valence-corrected chi connectivity index (χ4v) is 4.33. The van der Waals surface area contributed by atoms with Gasteiger partial charge in [-0.2, -0.15) is 0 Å². The van der Waals surface area contributed by atoms with E-state index in [1.54, 1.807) is 18.2 Å². The number of carbonyl (C=O) groups excluding carboxylic acids is 2. The van der Waals surface area contributed by atoms with E-state index in [9.17, 15) is 19.7 Å². The van der Waals surface area contributed by atoms with Gasteiger partial charge in [-0.05, 0) is 55.4 Å². The molecule has 2 aromatic carbocycles. The number of nitro benzene ring substituents is 1. The van der Waals surface area contributed by atoms with Gasteiger partial charge in [0.25, 0.3) is 5.69 Å². The maximum Gasteiger partial charge on any atom is 0.309 e. The summed E-state index contributed by atoms with van der Waals surface area (Å²) in [5, 5.41) is 11.2. The highest BCUT2D eigenvalue weighted by molar-refractivity contribution is 5.98. The minimum Gasteiger partial charge on any atom is -0.457 e. The Kier molecular flexibility index (Phi) is 5.79. The molecule has 0 N–H and O–H groups in total. The minimum atomic E-state index is -0.389. The monoisotopic (exact) mass is 408 g/mol. The molecule has 1 aliphatic heterocycles. The molecule has 0 unspecified atom stereocenters. The molecule has 0 atom stereocenters. The molecule has 0 aromatic heterocycles. The number of benzene rings is 2. The van der Waals surface area contributed by atoms with Crippen LogP contribution in [0, 0.1) is 16.0 Å². The third-order valence-corrected chi connectivity index (χ3v) is 6.01. The van der Waals surface area contributed by atoms with Crippen LogP contribution in [0.5, 0.6) is 0 Å². The number of hydrogen-bond acceptors (Lipinski definition) is 6. The zero-order chi connectivity index (χ0) is 21.1. The van der Waals surface area contributed by atoms with Gasteiger partial charge in [0, 0.05) is 24.7 Å². The second kappa shape index (κ2) is 8.65. The summed E-state index contributed by atoms with van der Waals surface area (Å²) >= 11 is 0. The summed E-state index contributed by atoms with van der Waals surface area (Å²) in [7, 11) is 0. The summed E-state index contributed by atoms with van der Waals surface area (Å²) in [5.41, 5.74) is 3.75. The van der Waals surface area contributed by atoms with Gasteiger partial charge in [0.15, 0.2) is 12.4 Å². The number of piperidine rings is 1. The Bertz CT molecular complexity index is 979. The molecule has 1 heterocycles. The second-order valence-corrected chi connectivity index (χ2v) is 7.88. The van der Waals surface area contributed by atoms with Crippen LogP contribution in [-0.2, 0) is 22.4 Å². The average Bonchev–Trinajstić information content (AvgIpc) is 3.25. The number of para-hydroxylation sites is 2. The molecule has 2 aliphatic rings. The molecular formula is C23H24N2O5. The Hall–Kier alpha value is -3.22. The van der Waals surface area contributed by atoms with Gasteiger partial charge in [0.2, 0.25) is 0 Å². The molecule has 1 saturated heterocycles. The van der Waals surface area contributed by atoms with Gasteiger partial charge < -0.3 is 9.64 Å². The Morgan fingerprint density at radius 2 is 1.80 bits per heavy atom. The SMILES string of the molecule is O=C(COC(=O)C1CCN(c2ccccc2[N+](=O)[O-])CC1)c1ccc2c(c1)CCC2. The van der Waals surface area contributed by atoms with Crippen molar-refractivity contribution >= 4 is 23.1 Å². The van der Waals surface area contributed by atoms with Gasteiger partial charge in [0.05, 0.1) is 10.8 Å². The van der Waals surface area contributed by atoms with Crippen molar-refractivity contribution in [3.8, 4) is 0 Å². The number of esters is 1. The molecule has 0 spiro atoms. The molecular weight excluding hydrogens is 384 g/mol. The zero-order valence-electron chi connectivity index (χ0n) is 16.7. The summed E-state index contributed by atoms with van der Waals surface area (Å²) < 4.78 is 5.30. The highest BCUT2D eigenvalue weighted by Gasteiger charge is 2.29. The highest BCUT2D eigenvalue weighted by Crippen LogP contribution is 2.31. The normalized spacial score (nSPS) is 16.2. The van der Waals surface area contributed by atoms with Crippen molar-refractivity contribution < 1.29 is 19.2 Å². The number of carbonyl (C=O) groups is 2. The lowest BCUT2D eigenvalue weighted by Crippen LogP contribution is -2.37. The van der Waals surface area contributed by atoms with E-state index in [-0.39, 0.29) is 34.9 Å². The molecule has 30 heavy (non-hydrogen) atoms. The van der Waals surface area contributed by atoms with E-state index in [1.807, 2.05) is 23.1 Å². The van der Waals surface area contributed by atoms with Crippen molar-refractivity contribution in [2.24, 2.45) is 5.92 Å². The Morgan fingerprint density at radius 1 is 1.07 bits per heavy atom. The Labute approximate surface area is 174 Å². The number of hydrogen-bond donors (Lipinski definition) is 0. The number of fused-ring (bicyclic) bond motifs is 1. The third-order valence-electron chi connectivity index (χ3n) is 6.01. The quantitative estimate of drug-likeness (QED) is 0.313. The largest absolute Gasteiger partial charge is 0.457 e. The first-order valence-corrected chi connectivity index (χ1v) is 10.3. The topological polar surface area (TPSA) is 89.8 Å². The molecule has 2 aromatic rings. The molecule has 4 rings (SSSR count). The van der Waals surface area contributed by atoms with Gasteiger partial charge in [-0.25, -0.2) is 0 Å². The van der Waals surface area contributed by atoms with Crippen LogP contribution in [0.1, 0.15) is 40.7 Å². The summed E-state index contributed by atoms with van der Waals surface area (Å²) in [4.78, 5) is 37.6. The fourth-order valence-electron chi connectivity index (χ4n) is 4.33. The zero-order valence-corrected chi connectivity index (χ0v) is 16.7. The molecule has 1 aliphatic carbocycles. The van der Waals surface area contributed by atoms with Crippen molar-refractivity contribution in [3.05, 3.63) is 69.3 Å². The van der Waals surface area contributed by atoms with Gasteiger partial charge in [0.1, 0.15) is 5.69 Å². The molecule has 1 fully saturated rings. The number of anilines is 1. The number of nitrogens with zero attached hydrogens (tertiary/aromatic N) is 2. The number of ketones is 1. The van der Waals surface area contributed by atoms with Crippen LogP contribution in [0.4, 0.5) is 11.4 Å². The van der Waals surface area contributed by atoms with Crippen molar-refractivity contribution in [3.63, 3.8) is 0 Å². The van der Waals surface area contributed by atoms with Gasteiger partial charge in [-0.1, -0.05) is 24.3 Å². The molecule has 0 bridgehead atoms. The van der Waals surface area contributed by atoms with Gasteiger partial charge in [-0.15, -0.1) is 0 Å². The fraction of sp³-hybridized carbons (Fsp3) is 0.391. The van der Waals surface area contributed by atoms with Crippen LogP contribution in [0.15, 0.2) is 42.5 Å². The number of ether oxygens (including phenoxy) is 1. The first kappa shape index (κ1) is 20.1. The first-order valence-electron chi connectivity index (χ1n) is 10.3. The molecule has 0 amide bonds. The lowest BCUT2D eigenvalue weighted by molar-refractivity contribution is -0.384. The summed E-state index contributed by atoms with van der Waals surface area (Å²) in [6, 6.07) is 12.4. The van der Waals surface area contributed by atoms with E-state index in [2.05, 4.69) is 0 Å².